The smallest absolute Gasteiger partial charge is 0.269 e. The number of nitrogens with zero attached hydrogens (tertiary/aromatic N) is 3. The van der Waals surface area contributed by atoms with Crippen molar-refractivity contribution in [2.24, 2.45) is 0 Å². The third-order valence-corrected chi connectivity index (χ3v) is 5.15. The molecule has 0 fully saturated rings. The number of para-hydroxylation sites is 1. The fraction of sp³-hybridized carbons (Fsp3) is 0.211. The summed E-state index contributed by atoms with van der Waals surface area (Å²) in [6.07, 6.45) is 0. The summed E-state index contributed by atoms with van der Waals surface area (Å²) in [5, 5.41) is 14.6. The molecular formula is C19H18N4O4S. The van der Waals surface area contributed by atoms with Gasteiger partial charge in [0.1, 0.15) is 0 Å². The summed E-state index contributed by atoms with van der Waals surface area (Å²) in [5.74, 6) is -0.228. The molecule has 0 unspecified atom stereocenters. The normalized spacial score (nSPS) is 10.8. The lowest BCUT2D eigenvalue weighted by Crippen LogP contribution is -2.23. The van der Waals surface area contributed by atoms with Crippen molar-refractivity contribution >= 4 is 39.9 Å². The van der Waals surface area contributed by atoms with E-state index in [1.807, 2.05) is 13.0 Å². The first-order valence-electron chi connectivity index (χ1n) is 8.58. The van der Waals surface area contributed by atoms with Crippen LogP contribution in [0.4, 0.5) is 11.4 Å². The highest BCUT2D eigenvalue weighted by atomic mass is 32.2. The van der Waals surface area contributed by atoms with Crippen LogP contribution in [0, 0.1) is 17.0 Å². The number of thioether (sulfide) groups is 1. The fourth-order valence-corrected chi connectivity index (χ4v) is 3.62. The summed E-state index contributed by atoms with van der Waals surface area (Å²) in [6, 6.07) is 11.3. The van der Waals surface area contributed by atoms with Gasteiger partial charge in [0.2, 0.25) is 5.91 Å². The van der Waals surface area contributed by atoms with E-state index in [0.29, 0.717) is 33.9 Å². The lowest BCUT2D eigenvalue weighted by molar-refractivity contribution is -0.384. The van der Waals surface area contributed by atoms with Crippen LogP contribution in [0.2, 0.25) is 0 Å². The Morgan fingerprint density at radius 3 is 2.71 bits per heavy atom. The average molecular weight is 398 g/mol. The van der Waals surface area contributed by atoms with E-state index in [9.17, 15) is 19.7 Å². The number of carbonyl (C=O) groups is 1. The molecule has 0 bridgehead atoms. The van der Waals surface area contributed by atoms with Crippen molar-refractivity contribution in [1.29, 1.82) is 0 Å². The van der Waals surface area contributed by atoms with E-state index < -0.39 is 4.92 Å². The van der Waals surface area contributed by atoms with Gasteiger partial charge >= 0.3 is 0 Å². The van der Waals surface area contributed by atoms with Gasteiger partial charge in [0, 0.05) is 24.4 Å². The number of aryl methyl sites for hydroxylation is 1. The zero-order valence-electron chi connectivity index (χ0n) is 15.3. The zero-order valence-corrected chi connectivity index (χ0v) is 16.2. The maximum atomic E-state index is 12.6. The first kappa shape index (κ1) is 19.6. The topological polar surface area (TPSA) is 107 Å². The molecule has 0 saturated carbocycles. The molecule has 0 atom stereocenters. The molecule has 1 amide bonds. The molecule has 3 rings (SSSR count). The summed E-state index contributed by atoms with van der Waals surface area (Å²) < 4.78 is 1.54. The van der Waals surface area contributed by atoms with E-state index in [-0.39, 0.29) is 22.9 Å². The van der Waals surface area contributed by atoms with E-state index in [0.717, 1.165) is 0 Å². The maximum Gasteiger partial charge on any atom is 0.269 e. The van der Waals surface area contributed by atoms with Crippen LogP contribution in [0.15, 0.2) is 52.4 Å². The molecule has 0 aliphatic carbocycles. The standard InChI is InChI=1S/C19H18N4O4S/c1-3-22-18(25)14-6-4-5-7-16(14)21-19(22)28-11-17(24)20-15-9-8-13(23(26)27)10-12(15)2/h4-10H,3,11H2,1-2H3,(H,20,24). The molecule has 1 heterocycles. The summed E-state index contributed by atoms with van der Waals surface area (Å²) in [4.78, 5) is 39.8. The van der Waals surface area contributed by atoms with E-state index in [4.69, 9.17) is 0 Å². The van der Waals surface area contributed by atoms with Crippen LogP contribution in [0.3, 0.4) is 0 Å². The highest BCUT2D eigenvalue weighted by molar-refractivity contribution is 7.99. The van der Waals surface area contributed by atoms with Crippen molar-refractivity contribution in [3.63, 3.8) is 0 Å². The predicted octanol–water partition coefficient (Wildman–Crippen LogP) is 3.36. The number of aromatic nitrogens is 2. The molecule has 1 N–H and O–H groups in total. The minimum Gasteiger partial charge on any atom is -0.325 e. The first-order valence-corrected chi connectivity index (χ1v) is 9.56. The molecule has 28 heavy (non-hydrogen) atoms. The van der Waals surface area contributed by atoms with Crippen LogP contribution in [0.5, 0.6) is 0 Å². The van der Waals surface area contributed by atoms with Gasteiger partial charge in [0.25, 0.3) is 11.2 Å². The summed E-state index contributed by atoms with van der Waals surface area (Å²) in [6.45, 7) is 3.99. The number of nitro benzene ring substituents is 1. The van der Waals surface area contributed by atoms with Gasteiger partial charge in [-0.05, 0) is 37.6 Å². The van der Waals surface area contributed by atoms with Crippen molar-refractivity contribution in [3.8, 4) is 0 Å². The monoisotopic (exact) mass is 398 g/mol. The second-order valence-electron chi connectivity index (χ2n) is 6.05. The molecule has 0 aliphatic rings. The molecule has 144 valence electrons. The van der Waals surface area contributed by atoms with Gasteiger partial charge in [-0.25, -0.2) is 4.98 Å². The number of hydrogen-bond acceptors (Lipinski definition) is 6. The number of nitro groups is 1. The van der Waals surface area contributed by atoms with Gasteiger partial charge < -0.3 is 5.32 Å². The number of amides is 1. The first-order chi connectivity index (χ1) is 13.4. The van der Waals surface area contributed by atoms with E-state index >= 15 is 0 Å². The van der Waals surface area contributed by atoms with Crippen molar-refractivity contribution < 1.29 is 9.72 Å². The molecule has 1 aromatic heterocycles. The Bertz CT molecular complexity index is 1130. The molecule has 3 aromatic rings. The third-order valence-electron chi connectivity index (χ3n) is 4.17. The number of rotatable bonds is 6. The Hall–Kier alpha value is -3.20. The molecule has 2 aromatic carbocycles. The Labute approximate surface area is 164 Å². The largest absolute Gasteiger partial charge is 0.325 e. The summed E-state index contributed by atoms with van der Waals surface area (Å²) in [5.41, 5.74) is 1.53. The van der Waals surface area contributed by atoms with Crippen molar-refractivity contribution in [1.82, 2.24) is 9.55 Å². The van der Waals surface area contributed by atoms with Gasteiger partial charge in [-0.1, -0.05) is 23.9 Å². The van der Waals surface area contributed by atoms with Crippen molar-refractivity contribution in [2.75, 3.05) is 11.1 Å². The van der Waals surface area contributed by atoms with Gasteiger partial charge in [-0.15, -0.1) is 0 Å². The Balaban J connectivity index is 1.76. The summed E-state index contributed by atoms with van der Waals surface area (Å²) in [7, 11) is 0. The second-order valence-corrected chi connectivity index (χ2v) is 7.00. The number of fused-ring (bicyclic) bond motifs is 1. The molecular weight excluding hydrogens is 380 g/mol. The minimum atomic E-state index is -0.482. The molecule has 0 saturated heterocycles. The number of nitrogens with one attached hydrogen (secondary N) is 1. The van der Waals surface area contributed by atoms with Crippen LogP contribution < -0.4 is 10.9 Å². The van der Waals surface area contributed by atoms with Gasteiger partial charge in [0.05, 0.1) is 21.6 Å². The molecule has 9 heteroatoms. The molecule has 0 aliphatic heterocycles. The van der Waals surface area contributed by atoms with Crippen LogP contribution in [0.1, 0.15) is 12.5 Å². The molecule has 0 spiro atoms. The minimum absolute atomic E-state index is 0.0304. The molecule has 8 nitrogen and oxygen atoms in total. The Kier molecular flexibility index (Phi) is 5.74. The Morgan fingerprint density at radius 1 is 1.29 bits per heavy atom. The number of benzene rings is 2. The van der Waals surface area contributed by atoms with Gasteiger partial charge in [-0.2, -0.15) is 0 Å². The third kappa shape index (κ3) is 4.04. The van der Waals surface area contributed by atoms with Crippen LogP contribution >= 0.6 is 11.8 Å². The number of anilines is 1. The van der Waals surface area contributed by atoms with Crippen LogP contribution in [0.25, 0.3) is 10.9 Å². The van der Waals surface area contributed by atoms with E-state index in [1.165, 1.54) is 34.5 Å². The van der Waals surface area contributed by atoms with E-state index in [1.54, 1.807) is 25.1 Å². The Morgan fingerprint density at radius 2 is 2.04 bits per heavy atom. The SMILES string of the molecule is CCn1c(SCC(=O)Nc2ccc([N+](=O)[O-])cc2C)nc2ccccc2c1=O. The number of hydrogen-bond donors (Lipinski definition) is 1. The summed E-state index contributed by atoms with van der Waals surface area (Å²) >= 11 is 1.17. The lowest BCUT2D eigenvalue weighted by atomic mass is 10.2. The second kappa shape index (κ2) is 8.22. The predicted molar refractivity (Wildman–Crippen MR) is 109 cm³/mol. The van der Waals surface area contributed by atoms with E-state index in [2.05, 4.69) is 10.3 Å². The van der Waals surface area contributed by atoms with Crippen LogP contribution in [-0.4, -0.2) is 26.1 Å². The van der Waals surface area contributed by atoms with Crippen LogP contribution in [-0.2, 0) is 11.3 Å². The van der Waals surface area contributed by atoms with Gasteiger partial charge in [0.15, 0.2) is 5.16 Å². The lowest BCUT2D eigenvalue weighted by Gasteiger charge is -2.12. The zero-order chi connectivity index (χ0) is 20.3. The highest BCUT2D eigenvalue weighted by Gasteiger charge is 2.14. The van der Waals surface area contributed by atoms with Gasteiger partial charge in [-0.3, -0.25) is 24.3 Å². The fourth-order valence-electron chi connectivity index (χ4n) is 2.75. The van der Waals surface area contributed by atoms with Crippen molar-refractivity contribution in [2.45, 2.75) is 25.5 Å². The van der Waals surface area contributed by atoms with Crippen molar-refractivity contribution in [3.05, 3.63) is 68.5 Å². The quantitative estimate of drug-likeness (QED) is 0.295. The highest BCUT2D eigenvalue weighted by Crippen LogP contribution is 2.22. The molecule has 0 radical (unpaired) electrons. The average Bonchev–Trinajstić information content (AvgIpc) is 2.68. The number of non-ortho nitro benzene ring substituents is 1. The number of carbonyl (C=O) groups excluding carboxylic acids is 1. The maximum absolute atomic E-state index is 12.6.